The van der Waals surface area contributed by atoms with Crippen molar-refractivity contribution in [2.24, 2.45) is 0 Å². The topological polar surface area (TPSA) is 83.3 Å². The van der Waals surface area contributed by atoms with Gasteiger partial charge in [0, 0.05) is 51.4 Å². The monoisotopic (exact) mass is 580 g/mol. The van der Waals surface area contributed by atoms with Crippen LogP contribution in [0.2, 0.25) is 0 Å². The molecule has 0 N–H and O–H groups in total. The van der Waals surface area contributed by atoms with Crippen LogP contribution in [0.3, 0.4) is 0 Å². The molecule has 0 radical (unpaired) electrons. The molecule has 5 rings (SSSR count). The molecule has 3 heterocycles. The quantitative estimate of drug-likeness (QED) is 0.338. The first kappa shape index (κ1) is 29.1. The fourth-order valence-corrected chi connectivity index (χ4v) is 5.33. The third-order valence-electron chi connectivity index (χ3n) is 7.50. The van der Waals surface area contributed by atoms with Gasteiger partial charge in [0.1, 0.15) is 17.4 Å². The number of carbonyl (C=O) groups excluding carboxylic acids is 2. The summed E-state index contributed by atoms with van der Waals surface area (Å²) in [5, 5.41) is 3.96. The predicted molar refractivity (Wildman–Crippen MR) is 150 cm³/mol. The van der Waals surface area contributed by atoms with Crippen molar-refractivity contribution in [1.29, 1.82) is 0 Å². The highest BCUT2D eigenvalue weighted by atomic mass is 19.4. The van der Waals surface area contributed by atoms with Crippen LogP contribution in [0.1, 0.15) is 33.2 Å². The molecule has 0 aliphatic carbocycles. The van der Waals surface area contributed by atoms with Gasteiger partial charge in [-0.15, -0.1) is 0 Å². The number of benzene rings is 2. The summed E-state index contributed by atoms with van der Waals surface area (Å²) in [5.74, 6) is 0.00796. The molecular weight excluding hydrogens is 549 g/mol. The van der Waals surface area contributed by atoms with Crippen LogP contribution >= 0.6 is 0 Å². The number of hydrogen-bond acceptors (Lipinski definition) is 6. The highest BCUT2D eigenvalue weighted by Gasteiger charge is 2.39. The summed E-state index contributed by atoms with van der Waals surface area (Å²) in [6.07, 6.45) is -3.60. The highest BCUT2D eigenvalue weighted by Crippen LogP contribution is 2.37. The molecule has 1 saturated heterocycles. The zero-order valence-electron chi connectivity index (χ0n) is 23.7. The smallest absolute Gasteiger partial charge is 0.433 e. The number of likely N-dealkylation sites (N-methyl/N-ethyl adjacent to an activating group) is 1. The van der Waals surface area contributed by atoms with E-state index < -0.39 is 23.8 Å². The number of fused-ring (bicyclic) bond motifs is 1. The molecule has 1 aliphatic rings. The molecule has 12 heteroatoms. The van der Waals surface area contributed by atoms with Crippen LogP contribution < -0.4 is 4.74 Å². The van der Waals surface area contributed by atoms with Crippen LogP contribution in [0.5, 0.6) is 5.75 Å². The van der Waals surface area contributed by atoms with Crippen LogP contribution in [0.25, 0.3) is 16.9 Å². The van der Waals surface area contributed by atoms with Crippen molar-refractivity contribution in [2.75, 3.05) is 47.4 Å². The minimum absolute atomic E-state index is 0.0207. The summed E-state index contributed by atoms with van der Waals surface area (Å²) in [6.45, 7) is 2.71. The third kappa shape index (κ3) is 5.41. The number of alkyl halides is 3. The van der Waals surface area contributed by atoms with Crippen molar-refractivity contribution in [3.05, 3.63) is 83.2 Å². The highest BCUT2D eigenvalue weighted by molar-refractivity contribution is 6.00. The second-order valence-electron chi connectivity index (χ2n) is 10.3. The molecule has 1 aliphatic heterocycles. The Hall–Kier alpha value is -4.45. The molecule has 42 heavy (non-hydrogen) atoms. The van der Waals surface area contributed by atoms with E-state index in [2.05, 4.69) is 10.1 Å². The normalized spacial score (nSPS) is 15.1. The number of nitrogens with zero attached hydrogens (tertiary/aromatic N) is 6. The van der Waals surface area contributed by atoms with E-state index in [4.69, 9.17) is 4.74 Å². The Kier molecular flexibility index (Phi) is 7.91. The van der Waals surface area contributed by atoms with E-state index >= 15 is 0 Å². The van der Waals surface area contributed by atoms with Gasteiger partial charge in [-0.3, -0.25) is 14.5 Å². The molecule has 9 nitrogen and oxygen atoms in total. The van der Waals surface area contributed by atoms with E-state index in [1.165, 1.54) is 14.0 Å². The summed E-state index contributed by atoms with van der Waals surface area (Å²) in [6, 6.07) is 15.4. The van der Waals surface area contributed by atoms with Gasteiger partial charge in [-0.25, -0.2) is 9.50 Å². The lowest BCUT2D eigenvalue weighted by molar-refractivity contribution is -0.143. The largest absolute Gasteiger partial charge is 0.497 e. The average Bonchev–Trinajstić information content (AvgIpc) is 3.40. The van der Waals surface area contributed by atoms with Gasteiger partial charge in [0.25, 0.3) is 5.91 Å². The molecule has 0 unspecified atom stereocenters. The van der Waals surface area contributed by atoms with Crippen LogP contribution in [0.4, 0.5) is 13.2 Å². The van der Waals surface area contributed by atoms with Crippen LogP contribution in [0, 0.1) is 6.92 Å². The van der Waals surface area contributed by atoms with Crippen molar-refractivity contribution < 1.29 is 27.5 Å². The Morgan fingerprint density at radius 2 is 1.62 bits per heavy atom. The second-order valence-corrected chi connectivity index (χ2v) is 10.3. The molecule has 0 saturated carbocycles. The molecule has 0 spiro atoms. The number of methoxy groups -OCH3 is 1. The van der Waals surface area contributed by atoms with Crippen LogP contribution in [-0.4, -0.2) is 88.5 Å². The van der Waals surface area contributed by atoms with E-state index in [0.29, 0.717) is 28.9 Å². The molecule has 1 fully saturated rings. The molecule has 1 atom stereocenters. The predicted octanol–water partition coefficient (Wildman–Crippen LogP) is 4.32. The Balaban J connectivity index is 1.46. The summed E-state index contributed by atoms with van der Waals surface area (Å²) in [5.41, 5.74) is 0.119. The van der Waals surface area contributed by atoms with Crippen molar-refractivity contribution in [3.8, 4) is 17.0 Å². The number of amides is 2. The first-order valence-corrected chi connectivity index (χ1v) is 13.4. The van der Waals surface area contributed by atoms with Crippen molar-refractivity contribution in [3.63, 3.8) is 0 Å². The van der Waals surface area contributed by atoms with Gasteiger partial charge >= 0.3 is 6.18 Å². The zero-order valence-corrected chi connectivity index (χ0v) is 23.7. The van der Waals surface area contributed by atoms with Crippen molar-refractivity contribution in [1.82, 2.24) is 29.3 Å². The Morgan fingerprint density at radius 1 is 0.976 bits per heavy atom. The van der Waals surface area contributed by atoms with E-state index in [-0.39, 0.29) is 41.5 Å². The van der Waals surface area contributed by atoms with Gasteiger partial charge < -0.3 is 14.5 Å². The fourth-order valence-electron chi connectivity index (χ4n) is 5.33. The number of hydrogen-bond donors (Lipinski definition) is 0. The Bertz CT molecular complexity index is 1590. The molecule has 2 aromatic heterocycles. The number of carbonyl (C=O) groups is 2. The average molecular weight is 581 g/mol. The first-order chi connectivity index (χ1) is 20.0. The maximum Gasteiger partial charge on any atom is 0.433 e. The number of piperazine rings is 1. The molecule has 220 valence electrons. The van der Waals surface area contributed by atoms with Gasteiger partial charge in [-0.2, -0.15) is 18.3 Å². The number of aromatic nitrogens is 3. The summed E-state index contributed by atoms with van der Waals surface area (Å²) in [7, 11) is 4.90. The SMILES string of the molecule is COc1ccc(-c2nc3c(C(=O)N4CCN([C@H](C(=O)N(C)C)c5ccccc5)CC4)cnn3c(C(F)(F)F)c2C)cc1. The standard InChI is InChI=1S/C30H31F3N6O3/c1-19-24(20-10-12-22(42-4)13-11-20)35-27-23(18-34-39(27)26(19)30(31,32)33)28(40)38-16-14-37(15-17-38)25(29(41)36(2)3)21-8-6-5-7-9-21/h5-13,18,25H,14-17H2,1-4H3/t25-/m0/s1. The molecule has 4 aromatic rings. The zero-order chi connectivity index (χ0) is 30.2. The first-order valence-electron chi connectivity index (χ1n) is 13.4. The maximum absolute atomic E-state index is 14.3. The Morgan fingerprint density at radius 3 is 2.19 bits per heavy atom. The van der Waals surface area contributed by atoms with Crippen LogP contribution in [-0.2, 0) is 11.0 Å². The number of rotatable bonds is 6. The molecular formula is C30H31F3N6O3. The number of halogens is 3. The van der Waals surface area contributed by atoms with Crippen molar-refractivity contribution in [2.45, 2.75) is 19.1 Å². The third-order valence-corrected chi connectivity index (χ3v) is 7.50. The molecule has 0 bridgehead atoms. The van der Waals surface area contributed by atoms with E-state index in [1.54, 1.807) is 48.2 Å². The van der Waals surface area contributed by atoms with E-state index in [1.807, 2.05) is 35.2 Å². The summed E-state index contributed by atoms with van der Waals surface area (Å²) >= 11 is 0. The summed E-state index contributed by atoms with van der Waals surface area (Å²) in [4.78, 5) is 36.4. The summed E-state index contributed by atoms with van der Waals surface area (Å²) < 4.78 is 48.8. The lowest BCUT2D eigenvalue weighted by Gasteiger charge is -2.39. The minimum atomic E-state index is -4.74. The maximum atomic E-state index is 14.3. The fraction of sp³-hybridized carbons (Fsp3) is 0.333. The van der Waals surface area contributed by atoms with Gasteiger partial charge in [-0.05, 0) is 36.8 Å². The van der Waals surface area contributed by atoms with E-state index in [9.17, 15) is 22.8 Å². The van der Waals surface area contributed by atoms with E-state index in [0.717, 1.165) is 11.8 Å². The Labute approximate surface area is 241 Å². The lowest BCUT2D eigenvalue weighted by atomic mass is 10.0. The molecule has 2 amide bonds. The van der Waals surface area contributed by atoms with Gasteiger partial charge in [0.2, 0.25) is 5.91 Å². The minimum Gasteiger partial charge on any atom is -0.497 e. The number of ether oxygens (including phenoxy) is 1. The van der Waals surface area contributed by atoms with Gasteiger partial charge in [0.15, 0.2) is 11.3 Å². The van der Waals surface area contributed by atoms with Crippen molar-refractivity contribution >= 4 is 17.5 Å². The second kappa shape index (κ2) is 11.4. The van der Waals surface area contributed by atoms with Crippen LogP contribution in [0.15, 0.2) is 60.8 Å². The lowest BCUT2D eigenvalue weighted by Crippen LogP contribution is -2.52. The van der Waals surface area contributed by atoms with Gasteiger partial charge in [-0.1, -0.05) is 30.3 Å². The van der Waals surface area contributed by atoms with Gasteiger partial charge in [0.05, 0.1) is 19.0 Å². The molecule has 2 aromatic carbocycles.